The largest absolute Gasteiger partial charge is 0.493 e. The van der Waals surface area contributed by atoms with Gasteiger partial charge in [-0.15, -0.1) is 0 Å². The van der Waals surface area contributed by atoms with Crippen molar-refractivity contribution in [2.75, 3.05) is 11.9 Å². The number of ether oxygens (including phenoxy) is 1. The first-order valence-electron chi connectivity index (χ1n) is 16.4. The average molecular weight is 700 g/mol. The van der Waals surface area contributed by atoms with E-state index in [1.54, 1.807) is 30.3 Å². The summed E-state index contributed by atoms with van der Waals surface area (Å²) in [5.74, 6) is -2.61. The SMILES string of the molecule is CCC(C)(C)c1ccc(OCCCC(=O)NC2(C)SC(=O)N(C(Cl)(C(=O)Nc3ccccc3)C(=O)C(C)(C)C)C2=O)c(C(C)(C)CC)c1. The summed E-state index contributed by atoms with van der Waals surface area (Å²) in [7, 11) is 0. The number of nitrogens with zero attached hydrogens (tertiary/aromatic N) is 1. The molecule has 1 fully saturated rings. The zero-order chi connectivity index (χ0) is 36.3. The van der Waals surface area contributed by atoms with E-state index in [9.17, 15) is 24.0 Å². The summed E-state index contributed by atoms with van der Waals surface area (Å²) in [5.41, 5.74) is 1.37. The van der Waals surface area contributed by atoms with Crippen molar-refractivity contribution >= 4 is 57.8 Å². The quantitative estimate of drug-likeness (QED) is 0.0889. The van der Waals surface area contributed by atoms with Crippen LogP contribution >= 0.6 is 23.4 Å². The second kappa shape index (κ2) is 14.6. The van der Waals surface area contributed by atoms with Gasteiger partial charge in [-0.25, -0.2) is 4.90 Å². The fourth-order valence-corrected chi connectivity index (χ4v) is 6.73. The molecule has 0 aliphatic carbocycles. The number of nitrogens with one attached hydrogen (secondary N) is 2. The predicted octanol–water partition coefficient (Wildman–Crippen LogP) is 7.94. The first-order chi connectivity index (χ1) is 22.1. The number of hydrogen-bond acceptors (Lipinski definition) is 7. The molecule has 4 amide bonds. The lowest BCUT2D eigenvalue weighted by atomic mass is 9.76. The molecule has 2 aromatic carbocycles. The maximum atomic E-state index is 13.8. The van der Waals surface area contributed by atoms with Gasteiger partial charge in [0.1, 0.15) is 5.75 Å². The number of Topliss-reactive ketones (excluding diaryl/α,β-unsaturated/α-hetero) is 1. The topological polar surface area (TPSA) is 122 Å². The summed E-state index contributed by atoms with van der Waals surface area (Å²) in [5, 5.41) is 4.26. The Morgan fingerprint density at radius 3 is 2.08 bits per heavy atom. The van der Waals surface area contributed by atoms with Gasteiger partial charge in [0.15, 0.2) is 10.7 Å². The van der Waals surface area contributed by atoms with Gasteiger partial charge in [0.25, 0.3) is 22.1 Å². The highest BCUT2D eigenvalue weighted by molar-refractivity contribution is 8.16. The van der Waals surface area contributed by atoms with Gasteiger partial charge in [-0.1, -0.05) is 104 Å². The number of rotatable bonds is 14. The third-order valence-electron chi connectivity index (χ3n) is 9.15. The first-order valence-corrected chi connectivity index (χ1v) is 17.6. The number of carbonyl (C=O) groups is 5. The first kappa shape index (κ1) is 39.1. The van der Waals surface area contributed by atoms with Crippen LogP contribution in [0.2, 0.25) is 0 Å². The van der Waals surface area contributed by atoms with Gasteiger partial charge in [0.05, 0.1) is 6.61 Å². The smallest absolute Gasteiger partial charge is 0.293 e. The molecule has 0 saturated carbocycles. The Hall–Kier alpha value is -3.37. The number of benzene rings is 2. The van der Waals surface area contributed by atoms with E-state index in [-0.39, 0.29) is 23.9 Å². The summed E-state index contributed by atoms with van der Waals surface area (Å²) in [6.07, 6.45) is 2.26. The third-order valence-corrected chi connectivity index (χ3v) is 10.7. The molecule has 1 heterocycles. The molecule has 48 heavy (non-hydrogen) atoms. The molecule has 9 nitrogen and oxygen atoms in total. The molecule has 1 saturated heterocycles. The molecular formula is C37H50ClN3O6S. The Balaban J connectivity index is 1.74. The molecule has 262 valence electrons. The van der Waals surface area contributed by atoms with E-state index in [1.807, 2.05) is 6.07 Å². The number of amides is 4. The van der Waals surface area contributed by atoms with Crippen LogP contribution in [0.1, 0.15) is 106 Å². The molecule has 1 aliphatic rings. The highest BCUT2D eigenvalue weighted by Gasteiger charge is 2.64. The molecule has 2 unspecified atom stereocenters. The van der Waals surface area contributed by atoms with Crippen LogP contribution in [0.15, 0.2) is 48.5 Å². The summed E-state index contributed by atoms with van der Waals surface area (Å²) in [4.78, 5) is 63.5. The standard InChI is InChI=1S/C37H50ClN3O6S/c1-11-34(6,7)24-20-21-27(26(23-24)35(8,9)12-2)47-22-16-19-28(42)40-36(10)31(45)41(32(46)48-36)37(38,29(43)33(3,4)5)30(44)39-25-17-14-13-15-18-25/h13-15,17-18,20-21,23H,11-12,16,19,22H2,1-10H3,(H,39,44)(H,40,42). The number of alkyl halides is 1. The number of halogens is 1. The highest BCUT2D eigenvalue weighted by atomic mass is 35.5. The monoisotopic (exact) mass is 699 g/mol. The van der Waals surface area contributed by atoms with E-state index in [0.29, 0.717) is 28.8 Å². The molecule has 0 spiro atoms. The molecule has 0 aromatic heterocycles. The number of anilines is 1. The van der Waals surface area contributed by atoms with Gasteiger partial charge in [0.2, 0.25) is 5.91 Å². The number of imide groups is 1. The van der Waals surface area contributed by atoms with E-state index < -0.39 is 44.0 Å². The minimum absolute atomic E-state index is 0.00646. The van der Waals surface area contributed by atoms with E-state index in [1.165, 1.54) is 33.3 Å². The number of para-hydroxylation sites is 1. The number of thioether (sulfide) groups is 1. The minimum Gasteiger partial charge on any atom is -0.493 e. The van der Waals surface area contributed by atoms with Gasteiger partial charge in [-0.2, -0.15) is 0 Å². The molecule has 0 bridgehead atoms. The Bertz CT molecular complexity index is 1550. The van der Waals surface area contributed by atoms with Crippen molar-refractivity contribution in [1.29, 1.82) is 0 Å². The molecule has 2 aromatic rings. The number of carbonyl (C=O) groups excluding carboxylic acids is 5. The molecule has 1 aliphatic heterocycles. The van der Waals surface area contributed by atoms with Crippen LogP contribution in [0.25, 0.3) is 0 Å². The minimum atomic E-state index is -2.70. The van der Waals surface area contributed by atoms with Crippen molar-refractivity contribution in [3.05, 3.63) is 59.7 Å². The molecular weight excluding hydrogens is 650 g/mol. The Kier molecular flexibility index (Phi) is 11.9. The third kappa shape index (κ3) is 8.25. The second-order valence-corrected chi connectivity index (χ2v) is 16.7. The highest BCUT2D eigenvalue weighted by Crippen LogP contribution is 2.44. The van der Waals surface area contributed by atoms with Gasteiger partial charge >= 0.3 is 0 Å². The van der Waals surface area contributed by atoms with E-state index >= 15 is 0 Å². The second-order valence-electron chi connectivity index (χ2n) is 14.7. The average Bonchev–Trinajstić information content (AvgIpc) is 3.25. The summed E-state index contributed by atoms with van der Waals surface area (Å²) in [6, 6.07) is 14.6. The molecule has 0 radical (unpaired) electrons. The number of hydrogen-bond donors (Lipinski definition) is 2. The van der Waals surface area contributed by atoms with E-state index in [0.717, 1.165) is 24.2 Å². The van der Waals surface area contributed by atoms with Crippen LogP contribution in [0, 0.1) is 5.41 Å². The van der Waals surface area contributed by atoms with Crippen molar-refractivity contribution in [3.63, 3.8) is 0 Å². The Morgan fingerprint density at radius 2 is 1.52 bits per heavy atom. The number of ketones is 1. The van der Waals surface area contributed by atoms with Crippen molar-refractivity contribution in [2.24, 2.45) is 5.41 Å². The van der Waals surface area contributed by atoms with Gasteiger partial charge in [-0.3, -0.25) is 24.0 Å². The lowest BCUT2D eigenvalue weighted by Gasteiger charge is -2.36. The van der Waals surface area contributed by atoms with Gasteiger partial charge in [0, 0.05) is 23.1 Å². The van der Waals surface area contributed by atoms with Crippen molar-refractivity contribution in [1.82, 2.24) is 10.2 Å². The molecule has 11 heteroatoms. The Morgan fingerprint density at radius 1 is 0.917 bits per heavy atom. The van der Waals surface area contributed by atoms with E-state index in [2.05, 4.69) is 64.3 Å². The molecule has 2 atom stereocenters. The Labute approximate surface area is 294 Å². The fourth-order valence-electron chi connectivity index (χ4n) is 5.19. The van der Waals surface area contributed by atoms with Gasteiger partial charge in [-0.05, 0) is 72.5 Å². The van der Waals surface area contributed by atoms with Gasteiger partial charge < -0.3 is 15.4 Å². The normalized spacial score (nSPS) is 18.4. The lowest BCUT2D eigenvalue weighted by molar-refractivity contribution is -0.148. The van der Waals surface area contributed by atoms with Crippen molar-refractivity contribution in [2.45, 2.75) is 116 Å². The van der Waals surface area contributed by atoms with Crippen LogP contribution < -0.4 is 15.4 Å². The maximum Gasteiger partial charge on any atom is 0.293 e. The molecule has 3 rings (SSSR count). The summed E-state index contributed by atoms with van der Waals surface area (Å²) < 4.78 is 6.19. The van der Waals surface area contributed by atoms with Crippen LogP contribution in [0.3, 0.4) is 0 Å². The van der Waals surface area contributed by atoms with E-state index in [4.69, 9.17) is 16.3 Å². The van der Waals surface area contributed by atoms with Crippen LogP contribution in [-0.4, -0.2) is 50.1 Å². The van der Waals surface area contributed by atoms with Crippen LogP contribution in [0.5, 0.6) is 5.75 Å². The summed E-state index contributed by atoms with van der Waals surface area (Å²) in [6.45, 7) is 19.4. The van der Waals surface area contributed by atoms with Crippen LogP contribution in [0.4, 0.5) is 10.5 Å². The fraction of sp³-hybridized carbons (Fsp3) is 0.541. The van der Waals surface area contributed by atoms with Crippen molar-refractivity contribution < 1.29 is 28.7 Å². The summed E-state index contributed by atoms with van der Waals surface area (Å²) >= 11 is 7.27. The lowest BCUT2D eigenvalue weighted by Crippen LogP contribution is -2.64. The predicted molar refractivity (Wildman–Crippen MR) is 192 cm³/mol. The zero-order valence-corrected chi connectivity index (χ0v) is 31.4. The van der Waals surface area contributed by atoms with Crippen molar-refractivity contribution in [3.8, 4) is 5.75 Å². The molecule has 2 N–H and O–H groups in total. The zero-order valence-electron chi connectivity index (χ0n) is 29.8. The van der Waals surface area contributed by atoms with Crippen LogP contribution in [-0.2, 0) is 30.0 Å². The maximum absolute atomic E-state index is 13.8.